The van der Waals surface area contributed by atoms with Crippen LogP contribution in [0.1, 0.15) is 32.3 Å². The van der Waals surface area contributed by atoms with Gasteiger partial charge in [0.1, 0.15) is 10.9 Å². The maximum atomic E-state index is 13.7. The van der Waals surface area contributed by atoms with Gasteiger partial charge in [-0.15, -0.1) is 23.1 Å². The number of nitrogens with zero attached hydrogens (tertiary/aromatic N) is 1. The molecule has 3 amide bonds. The molecule has 3 N–H and O–H groups in total. The zero-order valence-electron chi connectivity index (χ0n) is 27.1. The van der Waals surface area contributed by atoms with E-state index in [9.17, 15) is 14.4 Å². The maximum Gasteiger partial charge on any atom is 0.272 e. The molecule has 11 heteroatoms. The summed E-state index contributed by atoms with van der Waals surface area (Å²) in [6.45, 7) is 1.94. The number of thioether (sulfide) groups is 1. The highest BCUT2D eigenvalue weighted by atomic mass is 35.5. The molecule has 1 unspecified atom stereocenters. The molecule has 0 saturated carbocycles. The van der Waals surface area contributed by atoms with Crippen LogP contribution in [0.2, 0.25) is 10.0 Å². The molecule has 51 heavy (non-hydrogen) atoms. The number of benzene rings is 5. The predicted molar refractivity (Wildman–Crippen MR) is 209 cm³/mol. The molecule has 0 aliphatic rings. The van der Waals surface area contributed by atoms with Crippen LogP contribution in [0.3, 0.4) is 0 Å². The highest BCUT2D eigenvalue weighted by Crippen LogP contribution is 2.38. The van der Waals surface area contributed by atoms with Gasteiger partial charge in [0.15, 0.2) is 5.13 Å². The van der Waals surface area contributed by atoms with Gasteiger partial charge in [-0.05, 0) is 78.2 Å². The van der Waals surface area contributed by atoms with Crippen LogP contribution in [-0.2, 0) is 9.59 Å². The van der Waals surface area contributed by atoms with Gasteiger partial charge in [-0.3, -0.25) is 14.4 Å². The Bertz CT molecular complexity index is 2210. The summed E-state index contributed by atoms with van der Waals surface area (Å²) in [7, 11) is 0. The Morgan fingerprint density at radius 2 is 1.47 bits per heavy atom. The highest BCUT2D eigenvalue weighted by molar-refractivity contribution is 8.00. The van der Waals surface area contributed by atoms with Gasteiger partial charge in [-0.2, -0.15) is 0 Å². The maximum absolute atomic E-state index is 13.7. The Kier molecular flexibility index (Phi) is 11.7. The molecule has 5 aromatic carbocycles. The Balaban J connectivity index is 1.17. The lowest BCUT2D eigenvalue weighted by atomic mass is 10.1. The monoisotopic (exact) mass is 748 g/mol. The molecule has 1 heterocycles. The normalized spacial score (nSPS) is 11.8. The number of carbonyl (C=O) groups excluding carboxylic acids is 3. The Labute approximate surface area is 313 Å². The first-order chi connectivity index (χ1) is 24.7. The van der Waals surface area contributed by atoms with E-state index >= 15 is 0 Å². The quantitative estimate of drug-likeness (QED) is 0.0905. The molecule has 254 valence electrons. The van der Waals surface area contributed by atoms with Crippen molar-refractivity contribution in [1.82, 2.24) is 10.3 Å². The van der Waals surface area contributed by atoms with Crippen molar-refractivity contribution in [1.29, 1.82) is 0 Å². The van der Waals surface area contributed by atoms with E-state index in [-0.39, 0.29) is 11.6 Å². The molecular formula is C40H30Cl2N4O3S2. The van der Waals surface area contributed by atoms with Crippen LogP contribution in [-0.4, -0.2) is 22.7 Å². The number of thiazole rings is 1. The second kappa shape index (κ2) is 16.7. The molecular weight excluding hydrogens is 720 g/mol. The minimum Gasteiger partial charge on any atom is -0.321 e. The fraction of sp³-hybridized carbons (Fsp3) is 0.0500. The van der Waals surface area contributed by atoms with E-state index in [1.54, 1.807) is 54.6 Å². The highest BCUT2D eigenvalue weighted by Gasteiger charge is 2.24. The van der Waals surface area contributed by atoms with Crippen molar-refractivity contribution in [2.24, 2.45) is 0 Å². The molecule has 0 bridgehead atoms. The molecule has 0 saturated heterocycles. The summed E-state index contributed by atoms with van der Waals surface area (Å²) in [6.07, 6.45) is 1.66. The van der Waals surface area contributed by atoms with E-state index in [1.807, 2.05) is 91.2 Å². The number of carbonyl (C=O) groups is 3. The van der Waals surface area contributed by atoms with Gasteiger partial charge in [-0.1, -0.05) is 102 Å². The average Bonchev–Trinajstić information content (AvgIpc) is 3.62. The summed E-state index contributed by atoms with van der Waals surface area (Å²) in [5.74, 6) is -1.11. The van der Waals surface area contributed by atoms with Crippen molar-refractivity contribution in [3.05, 3.63) is 171 Å². The van der Waals surface area contributed by atoms with E-state index in [4.69, 9.17) is 23.2 Å². The second-order valence-corrected chi connectivity index (χ2v) is 14.1. The fourth-order valence-electron chi connectivity index (χ4n) is 4.99. The third-order valence-electron chi connectivity index (χ3n) is 7.67. The first-order valence-corrected chi connectivity index (χ1v) is 18.2. The Morgan fingerprint density at radius 3 is 2.18 bits per heavy atom. The number of aromatic nitrogens is 1. The molecule has 1 atom stereocenters. The van der Waals surface area contributed by atoms with E-state index in [0.29, 0.717) is 32.1 Å². The predicted octanol–water partition coefficient (Wildman–Crippen LogP) is 10.3. The number of rotatable bonds is 11. The lowest BCUT2D eigenvalue weighted by molar-refractivity contribution is -0.116. The summed E-state index contributed by atoms with van der Waals surface area (Å²) in [6, 6.07) is 38.3. The van der Waals surface area contributed by atoms with Gasteiger partial charge in [0.05, 0.1) is 15.7 Å². The molecule has 7 nitrogen and oxygen atoms in total. The topological polar surface area (TPSA) is 100 Å². The molecule has 6 rings (SSSR count). The number of halogens is 2. The standard InChI is InChI=1S/C40H30Cl2N4O3S2/c1-25-10-8-9-15-28(25)23-34(44-37(47)27-13-6-3-7-14-27)38(48)43-30-17-19-31(20-18-30)51-36(26-11-4-2-5-12-26)39(49)46-40-45-35(24-50-40)29-16-21-32(41)33(42)22-29/h2-24,36H,1H3,(H,43,48)(H,44,47)(H,45,46,49)/b34-23-. The number of anilines is 2. The van der Waals surface area contributed by atoms with Crippen molar-refractivity contribution in [3.8, 4) is 11.3 Å². The zero-order chi connectivity index (χ0) is 35.7. The Hall–Kier alpha value is -5.19. The largest absolute Gasteiger partial charge is 0.321 e. The van der Waals surface area contributed by atoms with Crippen molar-refractivity contribution in [2.45, 2.75) is 17.1 Å². The van der Waals surface area contributed by atoms with E-state index < -0.39 is 17.1 Å². The number of hydrogen-bond acceptors (Lipinski definition) is 6. The van der Waals surface area contributed by atoms with Gasteiger partial charge in [0, 0.05) is 27.1 Å². The van der Waals surface area contributed by atoms with Gasteiger partial charge < -0.3 is 16.0 Å². The third kappa shape index (κ3) is 9.33. The van der Waals surface area contributed by atoms with E-state index in [1.165, 1.54) is 23.1 Å². The minimum atomic E-state index is -0.596. The van der Waals surface area contributed by atoms with Crippen molar-refractivity contribution in [3.63, 3.8) is 0 Å². The lowest BCUT2D eigenvalue weighted by Crippen LogP contribution is -2.30. The van der Waals surface area contributed by atoms with Gasteiger partial charge in [0.2, 0.25) is 5.91 Å². The summed E-state index contributed by atoms with van der Waals surface area (Å²) in [4.78, 5) is 45.7. The summed E-state index contributed by atoms with van der Waals surface area (Å²) in [5, 5.41) is 11.2. The molecule has 0 aliphatic carbocycles. The molecule has 0 spiro atoms. The SMILES string of the molecule is Cc1ccccc1/C=C(\NC(=O)c1ccccc1)C(=O)Nc1ccc(SC(C(=O)Nc2nc(-c3ccc(Cl)c(Cl)c3)cs2)c2ccccc2)cc1. The lowest BCUT2D eigenvalue weighted by Gasteiger charge is -2.17. The van der Waals surface area contributed by atoms with Gasteiger partial charge in [0.25, 0.3) is 11.8 Å². The van der Waals surface area contributed by atoms with Gasteiger partial charge in [-0.25, -0.2) is 4.98 Å². The zero-order valence-corrected chi connectivity index (χ0v) is 30.2. The minimum absolute atomic E-state index is 0.0990. The summed E-state index contributed by atoms with van der Waals surface area (Å²) >= 11 is 15.0. The van der Waals surface area contributed by atoms with Crippen molar-refractivity contribution < 1.29 is 14.4 Å². The second-order valence-electron chi connectivity index (χ2n) is 11.3. The molecule has 6 aromatic rings. The van der Waals surface area contributed by atoms with E-state index in [2.05, 4.69) is 20.9 Å². The first kappa shape index (κ1) is 35.6. The van der Waals surface area contributed by atoms with E-state index in [0.717, 1.165) is 27.1 Å². The Morgan fingerprint density at radius 1 is 0.784 bits per heavy atom. The van der Waals surface area contributed by atoms with Crippen molar-refractivity contribution in [2.75, 3.05) is 10.6 Å². The first-order valence-electron chi connectivity index (χ1n) is 15.7. The number of nitrogens with one attached hydrogen (secondary N) is 3. The van der Waals surface area contributed by atoms with Crippen LogP contribution in [0.25, 0.3) is 17.3 Å². The van der Waals surface area contributed by atoms with Crippen molar-refractivity contribution >= 4 is 80.9 Å². The van der Waals surface area contributed by atoms with Crippen LogP contribution in [0.5, 0.6) is 0 Å². The van der Waals surface area contributed by atoms with Crippen LogP contribution < -0.4 is 16.0 Å². The summed E-state index contributed by atoms with van der Waals surface area (Å²) in [5.41, 5.74) is 5.09. The number of hydrogen-bond donors (Lipinski definition) is 3. The van der Waals surface area contributed by atoms with Crippen LogP contribution in [0.15, 0.2) is 143 Å². The van der Waals surface area contributed by atoms with Gasteiger partial charge >= 0.3 is 0 Å². The molecule has 0 aliphatic heterocycles. The number of amides is 3. The number of aryl methyl sites for hydroxylation is 1. The molecule has 0 radical (unpaired) electrons. The molecule has 1 aromatic heterocycles. The van der Waals surface area contributed by atoms with Crippen LogP contribution >= 0.6 is 46.3 Å². The fourth-order valence-corrected chi connectivity index (χ4v) is 7.03. The average molecular weight is 750 g/mol. The smallest absolute Gasteiger partial charge is 0.272 e. The third-order valence-corrected chi connectivity index (χ3v) is 10.4. The van der Waals surface area contributed by atoms with Crippen LogP contribution in [0, 0.1) is 6.92 Å². The summed E-state index contributed by atoms with van der Waals surface area (Å²) < 4.78 is 0. The molecule has 0 fully saturated rings. The van der Waals surface area contributed by atoms with Crippen LogP contribution in [0.4, 0.5) is 10.8 Å².